The SMILES string of the molecule is CC(C)NC(=O)C(C)N(CCc1ccccc1)C(=O)Cc1ccccc1[N+](=O)[O-]. The first-order valence-corrected chi connectivity index (χ1v) is 9.65. The fourth-order valence-electron chi connectivity index (χ4n) is 3.08. The minimum atomic E-state index is -0.684. The summed E-state index contributed by atoms with van der Waals surface area (Å²) < 4.78 is 0. The molecule has 0 bridgehead atoms. The third-order valence-corrected chi connectivity index (χ3v) is 4.61. The predicted molar refractivity (Wildman–Crippen MR) is 111 cm³/mol. The van der Waals surface area contributed by atoms with Crippen molar-refractivity contribution in [3.63, 3.8) is 0 Å². The van der Waals surface area contributed by atoms with Crippen LogP contribution in [-0.4, -0.2) is 40.3 Å². The van der Waals surface area contributed by atoms with Crippen LogP contribution in [0.2, 0.25) is 0 Å². The zero-order chi connectivity index (χ0) is 21.4. The van der Waals surface area contributed by atoms with Crippen molar-refractivity contribution in [3.8, 4) is 0 Å². The second kappa shape index (κ2) is 10.4. The molecule has 29 heavy (non-hydrogen) atoms. The van der Waals surface area contributed by atoms with Gasteiger partial charge < -0.3 is 10.2 Å². The van der Waals surface area contributed by atoms with Gasteiger partial charge in [-0.05, 0) is 32.8 Å². The van der Waals surface area contributed by atoms with Gasteiger partial charge in [0.05, 0.1) is 11.3 Å². The van der Waals surface area contributed by atoms with Crippen LogP contribution < -0.4 is 5.32 Å². The van der Waals surface area contributed by atoms with E-state index in [0.717, 1.165) is 5.56 Å². The van der Waals surface area contributed by atoms with Crippen LogP contribution in [0, 0.1) is 10.1 Å². The minimum absolute atomic E-state index is 0.0498. The molecule has 1 N–H and O–H groups in total. The number of nitro groups is 1. The van der Waals surface area contributed by atoms with Crippen molar-refractivity contribution in [1.29, 1.82) is 0 Å². The van der Waals surface area contributed by atoms with Crippen molar-refractivity contribution >= 4 is 17.5 Å². The molecule has 0 heterocycles. The lowest BCUT2D eigenvalue weighted by Crippen LogP contribution is -2.50. The first-order chi connectivity index (χ1) is 13.8. The van der Waals surface area contributed by atoms with Crippen molar-refractivity contribution in [1.82, 2.24) is 10.2 Å². The van der Waals surface area contributed by atoms with E-state index in [4.69, 9.17) is 0 Å². The summed E-state index contributed by atoms with van der Waals surface area (Å²) in [4.78, 5) is 37.9. The molecule has 0 saturated carbocycles. The molecule has 154 valence electrons. The summed E-state index contributed by atoms with van der Waals surface area (Å²) in [7, 11) is 0. The first kappa shape index (κ1) is 22.1. The lowest BCUT2D eigenvalue weighted by molar-refractivity contribution is -0.385. The van der Waals surface area contributed by atoms with Crippen molar-refractivity contribution in [3.05, 3.63) is 75.8 Å². The predicted octanol–water partition coefficient (Wildman–Crippen LogP) is 3.12. The lowest BCUT2D eigenvalue weighted by Gasteiger charge is -2.29. The Balaban J connectivity index is 2.22. The molecule has 0 radical (unpaired) electrons. The van der Waals surface area contributed by atoms with E-state index in [1.165, 1.54) is 11.0 Å². The molecule has 0 aliphatic rings. The van der Waals surface area contributed by atoms with Crippen LogP contribution in [-0.2, 0) is 22.4 Å². The zero-order valence-corrected chi connectivity index (χ0v) is 17.0. The summed E-state index contributed by atoms with van der Waals surface area (Å²) in [5, 5.41) is 14.1. The highest BCUT2D eigenvalue weighted by molar-refractivity contribution is 5.88. The fourth-order valence-corrected chi connectivity index (χ4v) is 3.08. The molecular formula is C22H27N3O4. The fraction of sp³-hybridized carbons (Fsp3) is 0.364. The van der Waals surface area contributed by atoms with Crippen LogP contribution in [0.15, 0.2) is 54.6 Å². The van der Waals surface area contributed by atoms with E-state index in [0.29, 0.717) is 18.5 Å². The zero-order valence-electron chi connectivity index (χ0n) is 17.0. The number of nitrogens with one attached hydrogen (secondary N) is 1. The number of hydrogen-bond acceptors (Lipinski definition) is 4. The Morgan fingerprint density at radius 3 is 2.28 bits per heavy atom. The van der Waals surface area contributed by atoms with Gasteiger partial charge in [0.25, 0.3) is 5.69 Å². The highest BCUT2D eigenvalue weighted by Gasteiger charge is 2.27. The normalized spacial score (nSPS) is 11.7. The van der Waals surface area contributed by atoms with Crippen LogP contribution in [0.4, 0.5) is 5.69 Å². The Morgan fingerprint density at radius 1 is 1.03 bits per heavy atom. The molecular weight excluding hydrogens is 370 g/mol. The van der Waals surface area contributed by atoms with Gasteiger partial charge in [-0.15, -0.1) is 0 Å². The van der Waals surface area contributed by atoms with Crippen molar-refractivity contribution in [2.24, 2.45) is 0 Å². The summed E-state index contributed by atoms with van der Waals surface area (Å²) in [6.45, 7) is 5.73. The Kier molecular flexibility index (Phi) is 7.88. The third-order valence-electron chi connectivity index (χ3n) is 4.61. The smallest absolute Gasteiger partial charge is 0.273 e. The van der Waals surface area contributed by atoms with E-state index in [2.05, 4.69) is 5.32 Å². The molecule has 2 aromatic carbocycles. The minimum Gasteiger partial charge on any atom is -0.352 e. The number of carbonyl (C=O) groups excluding carboxylic acids is 2. The van der Waals surface area contributed by atoms with Gasteiger partial charge in [-0.25, -0.2) is 0 Å². The highest BCUT2D eigenvalue weighted by atomic mass is 16.6. The van der Waals surface area contributed by atoms with Crippen molar-refractivity contribution in [2.75, 3.05) is 6.54 Å². The summed E-state index contributed by atoms with van der Waals surface area (Å²) >= 11 is 0. The van der Waals surface area contributed by atoms with Gasteiger partial charge in [-0.2, -0.15) is 0 Å². The number of benzene rings is 2. The number of rotatable bonds is 9. The van der Waals surface area contributed by atoms with Crippen LogP contribution in [0.5, 0.6) is 0 Å². The van der Waals surface area contributed by atoms with Gasteiger partial charge in [0.2, 0.25) is 11.8 Å². The summed E-state index contributed by atoms with van der Waals surface area (Å²) in [5.74, 6) is -0.564. The largest absolute Gasteiger partial charge is 0.352 e. The summed E-state index contributed by atoms with van der Waals surface area (Å²) in [6, 6.07) is 15.1. The molecule has 1 unspecified atom stereocenters. The van der Waals surface area contributed by atoms with E-state index >= 15 is 0 Å². The highest BCUT2D eigenvalue weighted by Crippen LogP contribution is 2.19. The number of nitro benzene ring substituents is 1. The molecule has 7 nitrogen and oxygen atoms in total. The molecule has 7 heteroatoms. The van der Waals surface area contributed by atoms with Gasteiger partial charge in [0.1, 0.15) is 6.04 Å². The summed E-state index contributed by atoms with van der Waals surface area (Å²) in [6.07, 6.45) is 0.452. The van der Waals surface area contributed by atoms with E-state index in [-0.39, 0.29) is 30.0 Å². The molecule has 0 spiro atoms. The van der Waals surface area contributed by atoms with Gasteiger partial charge >= 0.3 is 0 Å². The van der Waals surface area contributed by atoms with Crippen LogP contribution in [0.3, 0.4) is 0 Å². The van der Waals surface area contributed by atoms with Gasteiger partial charge in [0.15, 0.2) is 0 Å². The molecule has 0 aromatic heterocycles. The van der Waals surface area contributed by atoms with Crippen LogP contribution in [0.1, 0.15) is 31.9 Å². The monoisotopic (exact) mass is 397 g/mol. The number of amides is 2. The second-order valence-corrected chi connectivity index (χ2v) is 7.22. The standard InChI is InChI=1S/C22H27N3O4/c1-16(2)23-22(27)17(3)24(14-13-18-9-5-4-6-10-18)21(26)15-19-11-7-8-12-20(19)25(28)29/h4-12,16-17H,13-15H2,1-3H3,(H,23,27). The number of para-hydroxylation sites is 1. The number of hydrogen-bond donors (Lipinski definition) is 1. The molecule has 0 aliphatic carbocycles. The third kappa shape index (κ3) is 6.41. The van der Waals surface area contributed by atoms with Gasteiger partial charge in [-0.3, -0.25) is 19.7 Å². The Hall–Kier alpha value is -3.22. The van der Waals surface area contributed by atoms with Crippen molar-refractivity contribution < 1.29 is 14.5 Å². The first-order valence-electron chi connectivity index (χ1n) is 9.65. The van der Waals surface area contributed by atoms with E-state index in [1.54, 1.807) is 25.1 Å². The second-order valence-electron chi connectivity index (χ2n) is 7.22. The maximum atomic E-state index is 13.1. The van der Waals surface area contributed by atoms with Crippen molar-refractivity contribution in [2.45, 2.75) is 45.7 Å². The molecule has 2 amide bonds. The molecule has 0 aliphatic heterocycles. The van der Waals surface area contributed by atoms with Crippen LogP contribution >= 0.6 is 0 Å². The molecule has 2 rings (SSSR count). The molecule has 0 saturated heterocycles. The lowest BCUT2D eigenvalue weighted by atomic mass is 10.1. The van der Waals surface area contributed by atoms with Crippen LogP contribution in [0.25, 0.3) is 0 Å². The maximum Gasteiger partial charge on any atom is 0.273 e. The number of nitrogens with zero attached hydrogens (tertiary/aromatic N) is 2. The molecule has 0 fully saturated rings. The average Bonchev–Trinajstić information content (AvgIpc) is 2.68. The maximum absolute atomic E-state index is 13.1. The molecule has 2 aromatic rings. The Morgan fingerprint density at radius 2 is 1.66 bits per heavy atom. The van der Waals surface area contributed by atoms with E-state index in [9.17, 15) is 19.7 Å². The molecule has 1 atom stereocenters. The quantitative estimate of drug-likeness (QED) is 0.520. The van der Waals surface area contributed by atoms with Gasteiger partial charge in [0, 0.05) is 24.2 Å². The van der Waals surface area contributed by atoms with E-state index in [1.807, 2.05) is 44.2 Å². The Bertz CT molecular complexity index is 852. The average molecular weight is 397 g/mol. The Labute approximate surface area is 170 Å². The summed E-state index contributed by atoms with van der Waals surface area (Å²) in [5.41, 5.74) is 1.29. The number of carbonyl (C=O) groups is 2. The topological polar surface area (TPSA) is 92.6 Å². The van der Waals surface area contributed by atoms with Gasteiger partial charge in [-0.1, -0.05) is 48.5 Å². The van der Waals surface area contributed by atoms with E-state index < -0.39 is 11.0 Å².